The maximum atomic E-state index is 12.8. The van der Waals surface area contributed by atoms with Crippen LogP contribution in [0.3, 0.4) is 0 Å². The molecule has 1 spiro atoms. The van der Waals surface area contributed by atoms with Crippen LogP contribution in [0.1, 0.15) is 46.9 Å². The summed E-state index contributed by atoms with van der Waals surface area (Å²) < 4.78 is 11.5. The Balaban J connectivity index is 1.52. The summed E-state index contributed by atoms with van der Waals surface area (Å²) in [5.74, 6) is 0.521. The minimum absolute atomic E-state index is 0.00384. The summed E-state index contributed by atoms with van der Waals surface area (Å²) >= 11 is 0. The molecule has 27 heavy (non-hydrogen) atoms. The summed E-state index contributed by atoms with van der Waals surface area (Å²) in [6.07, 6.45) is 1.58. The van der Waals surface area contributed by atoms with Gasteiger partial charge in [-0.1, -0.05) is 0 Å². The summed E-state index contributed by atoms with van der Waals surface area (Å²) in [6, 6.07) is 5.12. The normalized spacial score (nSPS) is 21.6. The number of carbonyl (C=O) groups excluding carboxylic acids is 3. The van der Waals surface area contributed by atoms with Crippen LogP contribution in [-0.4, -0.2) is 72.4 Å². The summed E-state index contributed by atoms with van der Waals surface area (Å²) in [5, 5.41) is 0. The van der Waals surface area contributed by atoms with Crippen molar-refractivity contribution < 1.29 is 23.9 Å². The Morgan fingerprint density at radius 1 is 1.04 bits per heavy atom. The molecule has 2 fully saturated rings. The van der Waals surface area contributed by atoms with Gasteiger partial charge >= 0.3 is 0 Å². The Morgan fingerprint density at radius 3 is 2.41 bits per heavy atom. The van der Waals surface area contributed by atoms with Gasteiger partial charge in [-0.05, 0) is 18.2 Å². The van der Waals surface area contributed by atoms with Crippen LogP contribution in [0.2, 0.25) is 0 Å². The Kier molecular flexibility index (Phi) is 4.63. The fraction of sp³-hybridized carbons (Fsp3) is 0.550. The number of amides is 2. The highest BCUT2D eigenvalue weighted by molar-refractivity contribution is 6.03. The summed E-state index contributed by atoms with van der Waals surface area (Å²) in [7, 11) is 0. The molecule has 0 atom stereocenters. The van der Waals surface area contributed by atoms with Crippen LogP contribution in [0, 0.1) is 0 Å². The molecule has 0 saturated carbocycles. The molecule has 7 nitrogen and oxygen atoms in total. The largest absolute Gasteiger partial charge is 0.486 e. The van der Waals surface area contributed by atoms with Crippen molar-refractivity contribution in [3.05, 3.63) is 29.3 Å². The fourth-order valence-corrected chi connectivity index (χ4v) is 4.08. The number of carbonyl (C=O) groups is 3. The highest BCUT2D eigenvalue weighted by atomic mass is 16.5. The van der Waals surface area contributed by atoms with Crippen molar-refractivity contribution in [2.24, 2.45) is 0 Å². The second-order valence-corrected chi connectivity index (χ2v) is 7.51. The molecule has 0 unspecified atom stereocenters. The topological polar surface area (TPSA) is 76.2 Å². The molecule has 3 aliphatic rings. The summed E-state index contributed by atoms with van der Waals surface area (Å²) in [5.41, 5.74) is 0.454. The standard InChI is InChI=1S/C20H24N2O5/c1-14(23)21-6-4-20(5-7-21)13-17(24)16-12-15(2-3-18(16)27-20)19(25)22-8-10-26-11-9-22/h2-3,12H,4-11,13H2,1H3. The van der Waals surface area contributed by atoms with E-state index in [1.807, 2.05) is 0 Å². The van der Waals surface area contributed by atoms with E-state index in [-0.39, 0.29) is 17.6 Å². The fourth-order valence-electron chi connectivity index (χ4n) is 4.08. The maximum Gasteiger partial charge on any atom is 0.254 e. The third kappa shape index (κ3) is 3.43. The molecule has 0 radical (unpaired) electrons. The molecule has 3 heterocycles. The molecule has 4 rings (SSSR count). The van der Waals surface area contributed by atoms with Crippen LogP contribution >= 0.6 is 0 Å². The number of Topliss-reactive ketones (excluding diaryl/α,β-unsaturated/α-hetero) is 1. The van der Waals surface area contributed by atoms with E-state index in [1.54, 1.807) is 34.9 Å². The zero-order valence-electron chi connectivity index (χ0n) is 15.5. The van der Waals surface area contributed by atoms with Crippen molar-refractivity contribution in [1.29, 1.82) is 0 Å². The number of rotatable bonds is 1. The number of hydrogen-bond acceptors (Lipinski definition) is 5. The molecule has 1 aromatic carbocycles. The van der Waals surface area contributed by atoms with Crippen LogP contribution < -0.4 is 4.74 Å². The van der Waals surface area contributed by atoms with E-state index < -0.39 is 5.60 Å². The lowest BCUT2D eigenvalue weighted by molar-refractivity contribution is -0.132. The average Bonchev–Trinajstić information content (AvgIpc) is 2.68. The van der Waals surface area contributed by atoms with E-state index in [9.17, 15) is 14.4 Å². The van der Waals surface area contributed by atoms with Gasteiger partial charge in [-0.25, -0.2) is 0 Å². The van der Waals surface area contributed by atoms with Gasteiger partial charge in [0.15, 0.2) is 5.78 Å². The predicted molar refractivity (Wildman–Crippen MR) is 97.0 cm³/mol. The highest BCUT2D eigenvalue weighted by Crippen LogP contribution is 2.39. The van der Waals surface area contributed by atoms with Crippen molar-refractivity contribution in [3.8, 4) is 5.75 Å². The first kappa shape index (κ1) is 18.0. The Hall–Kier alpha value is -2.41. The van der Waals surface area contributed by atoms with Gasteiger partial charge in [0.05, 0.1) is 25.2 Å². The number of nitrogens with zero attached hydrogens (tertiary/aromatic N) is 2. The van der Waals surface area contributed by atoms with Gasteiger partial charge < -0.3 is 19.3 Å². The average molecular weight is 372 g/mol. The lowest BCUT2D eigenvalue weighted by Gasteiger charge is -2.43. The zero-order valence-corrected chi connectivity index (χ0v) is 15.5. The van der Waals surface area contributed by atoms with Gasteiger partial charge in [-0.2, -0.15) is 0 Å². The van der Waals surface area contributed by atoms with E-state index in [0.717, 1.165) is 0 Å². The molecule has 1 aromatic rings. The van der Waals surface area contributed by atoms with Crippen LogP contribution in [0.15, 0.2) is 18.2 Å². The number of benzene rings is 1. The molecule has 144 valence electrons. The lowest BCUT2D eigenvalue weighted by atomic mass is 9.82. The Morgan fingerprint density at radius 2 is 1.74 bits per heavy atom. The number of morpholine rings is 1. The number of likely N-dealkylation sites (tertiary alicyclic amines) is 1. The van der Waals surface area contributed by atoms with E-state index >= 15 is 0 Å². The number of fused-ring (bicyclic) bond motifs is 1. The number of hydrogen-bond donors (Lipinski definition) is 0. The van der Waals surface area contributed by atoms with Crippen LogP contribution in [0.25, 0.3) is 0 Å². The second kappa shape index (κ2) is 6.96. The quantitative estimate of drug-likeness (QED) is 0.747. The predicted octanol–water partition coefficient (Wildman–Crippen LogP) is 1.51. The van der Waals surface area contributed by atoms with E-state index in [0.29, 0.717) is 75.5 Å². The van der Waals surface area contributed by atoms with Crippen LogP contribution in [-0.2, 0) is 9.53 Å². The molecule has 0 aliphatic carbocycles. The van der Waals surface area contributed by atoms with Gasteiger partial charge in [-0.15, -0.1) is 0 Å². The minimum Gasteiger partial charge on any atom is -0.486 e. The molecule has 3 aliphatic heterocycles. The highest BCUT2D eigenvalue weighted by Gasteiger charge is 2.43. The molecule has 7 heteroatoms. The van der Waals surface area contributed by atoms with E-state index in [2.05, 4.69) is 0 Å². The van der Waals surface area contributed by atoms with Crippen LogP contribution in [0.5, 0.6) is 5.75 Å². The summed E-state index contributed by atoms with van der Waals surface area (Å²) in [4.78, 5) is 40.6. The molecular formula is C20H24N2O5. The molecule has 0 aromatic heterocycles. The van der Waals surface area contributed by atoms with Crippen LogP contribution in [0.4, 0.5) is 0 Å². The van der Waals surface area contributed by atoms with Gasteiger partial charge in [-0.3, -0.25) is 14.4 Å². The Bertz CT molecular complexity index is 777. The summed E-state index contributed by atoms with van der Waals surface area (Å²) in [6.45, 7) is 4.98. The lowest BCUT2D eigenvalue weighted by Crippen LogP contribution is -2.52. The molecule has 2 amide bonds. The number of ketones is 1. The molecular weight excluding hydrogens is 348 g/mol. The first-order chi connectivity index (χ1) is 13.0. The van der Waals surface area contributed by atoms with Gasteiger partial charge in [0.2, 0.25) is 5.91 Å². The number of piperidine rings is 1. The van der Waals surface area contributed by atoms with E-state index in [4.69, 9.17) is 9.47 Å². The van der Waals surface area contributed by atoms with E-state index in [1.165, 1.54) is 0 Å². The Labute approximate surface area is 158 Å². The molecule has 0 N–H and O–H groups in total. The first-order valence-electron chi connectivity index (χ1n) is 9.46. The van der Waals surface area contributed by atoms with Crippen molar-refractivity contribution in [2.75, 3.05) is 39.4 Å². The molecule has 0 bridgehead atoms. The van der Waals surface area contributed by atoms with Crippen molar-refractivity contribution in [2.45, 2.75) is 31.8 Å². The number of ether oxygens (including phenoxy) is 2. The first-order valence-corrected chi connectivity index (χ1v) is 9.46. The smallest absolute Gasteiger partial charge is 0.254 e. The SMILES string of the molecule is CC(=O)N1CCC2(CC1)CC(=O)c1cc(C(=O)N3CCOCC3)ccc1O2. The zero-order chi connectivity index (χ0) is 19.0. The van der Waals surface area contributed by atoms with Crippen molar-refractivity contribution >= 4 is 17.6 Å². The second-order valence-electron chi connectivity index (χ2n) is 7.51. The van der Waals surface area contributed by atoms with Gasteiger partial charge in [0, 0.05) is 51.5 Å². The third-order valence-electron chi connectivity index (χ3n) is 5.75. The molecule has 2 saturated heterocycles. The van der Waals surface area contributed by atoms with Gasteiger partial charge in [0.1, 0.15) is 11.4 Å². The van der Waals surface area contributed by atoms with Crippen molar-refractivity contribution in [3.63, 3.8) is 0 Å². The maximum absolute atomic E-state index is 12.8. The minimum atomic E-state index is -0.536. The van der Waals surface area contributed by atoms with Crippen molar-refractivity contribution in [1.82, 2.24) is 9.80 Å². The monoisotopic (exact) mass is 372 g/mol. The van der Waals surface area contributed by atoms with Gasteiger partial charge in [0.25, 0.3) is 5.91 Å². The third-order valence-corrected chi connectivity index (χ3v) is 5.75.